The Labute approximate surface area is 358 Å². The zero-order valence-electron chi connectivity index (χ0n) is 29.7. The average molecular weight is 810 g/mol. The van der Waals surface area contributed by atoms with E-state index >= 15 is 0 Å². The number of hydrogen-bond acceptors (Lipinski definition) is 9. The van der Waals surface area contributed by atoms with E-state index in [4.69, 9.17) is 0 Å². The van der Waals surface area contributed by atoms with Crippen LogP contribution in [0.2, 0.25) is 0 Å². The number of phenolic OH excluding ortho intramolecular Hbond substituents is 1. The summed E-state index contributed by atoms with van der Waals surface area (Å²) >= 11 is 0. The maximum absolute atomic E-state index is 13.5. The molecule has 0 bridgehead atoms. The second kappa shape index (κ2) is 21.9. The van der Waals surface area contributed by atoms with Crippen LogP contribution in [0.3, 0.4) is 0 Å². The van der Waals surface area contributed by atoms with Crippen molar-refractivity contribution in [3.8, 4) is 11.4 Å². The minimum absolute atomic E-state index is 0. The van der Waals surface area contributed by atoms with Crippen molar-refractivity contribution in [3.63, 3.8) is 0 Å². The Hall–Kier alpha value is -3.00. The number of phenols is 1. The number of azo groups is 1. The van der Waals surface area contributed by atoms with E-state index in [0.29, 0.717) is 23.9 Å². The van der Waals surface area contributed by atoms with Gasteiger partial charge in [0.15, 0.2) is 11.5 Å². The molecule has 4 rings (SSSR count). The predicted molar refractivity (Wildman–Crippen MR) is 209 cm³/mol. The Morgan fingerprint density at radius 1 is 0.741 bits per heavy atom. The fraction of sp³-hybridized carbons (Fsp3) is 0.405. The van der Waals surface area contributed by atoms with Crippen LogP contribution < -0.4 is 10.9 Å². The van der Waals surface area contributed by atoms with Gasteiger partial charge in [-0.3, -0.25) is 23.8 Å². The molecular formula is C37H48KN5O9S2. The monoisotopic (exact) mass is 809 g/mol. The molecule has 0 aliphatic rings. The van der Waals surface area contributed by atoms with E-state index in [1.165, 1.54) is 70.6 Å². The molecule has 4 aromatic rings. The van der Waals surface area contributed by atoms with Crippen LogP contribution >= 0.6 is 0 Å². The number of aromatic hydroxyl groups is 1. The molecule has 1 aromatic heterocycles. The zero-order valence-corrected chi connectivity index (χ0v) is 31.3. The number of nitrogens with one attached hydrogen (secondary N) is 2. The molecule has 5 N–H and O–H groups in total. The number of para-hydroxylation sites is 1. The molecule has 0 unspecified atom stereocenters. The molecule has 288 valence electrons. The molecule has 1 heterocycles. The number of nitrogens with zero attached hydrogens (tertiary/aromatic N) is 3. The van der Waals surface area contributed by atoms with Gasteiger partial charge >= 0.3 is 56.9 Å². The molecule has 0 aliphatic carbocycles. The third-order valence-electron chi connectivity index (χ3n) is 8.72. The third-order valence-corrected chi connectivity index (χ3v) is 10.4. The molecule has 1 amide bonds. The molecule has 17 heteroatoms. The van der Waals surface area contributed by atoms with Gasteiger partial charge in [-0.15, -0.1) is 10.2 Å². The average Bonchev–Trinajstić information content (AvgIpc) is 3.43. The van der Waals surface area contributed by atoms with E-state index in [1.54, 1.807) is 42.5 Å². The summed E-state index contributed by atoms with van der Waals surface area (Å²) in [5, 5.41) is 23.8. The fourth-order valence-corrected chi connectivity index (χ4v) is 6.99. The van der Waals surface area contributed by atoms with E-state index in [-0.39, 0.29) is 68.6 Å². The van der Waals surface area contributed by atoms with Crippen molar-refractivity contribution >= 4 is 94.7 Å². The van der Waals surface area contributed by atoms with Crippen molar-refractivity contribution in [2.24, 2.45) is 10.2 Å². The summed E-state index contributed by atoms with van der Waals surface area (Å²) < 4.78 is 67.1. The van der Waals surface area contributed by atoms with Gasteiger partial charge in [-0.2, -0.15) is 16.8 Å². The number of hydrogen-bond donors (Lipinski definition) is 5. The van der Waals surface area contributed by atoms with E-state index < -0.39 is 52.7 Å². The molecule has 14 nitrogen and oxygen atoms in total. The van der Waals surface area contributed by atoms with Crippen LogP contribution in [0.15, 0.2) is 91.5 Å². The summed E-state index contributed by atoms with van der Waals surface area (Å²) in [6.45, 7) is 2.24. The van der Waals surface area contributed by atoms with E-state index in [0.717, 1.165) is 29.5 Å². The van der Waals surface area contributed by atoms with Crippen molar-refractivity contribution in [2.45, 2.75) is 107 Å². The molecule has 54 heavy (non-hydrogen) atoms. The molecule has 0 atom stereocenters. The van der Waals surface area contributed by atoms with Crippen molar-refractivity contribution in [3.05, 3.63) is 88.2 Å². The van der Waals surface area contributed by atoms with E-state index in [1.807, 2.05) is 6.07 Å². The van der Waals surface area contributed by atoms with Crippen LogP contribution in [-0.4, -0.2) is 98.1 Å². The zero-order chi connectivity index (χ0) is 38.4. The summed E-state index contributed by atoms with van der Waals surface area (Å²) in [6.07, 6.45) is 17.1. The van der Waals surface area contributed by atoms with Crippen molar-refractivity contribution in [2.75, 3.05) is 5.32 Å². The number of carbonyl (C=O) groups is 1. The van der Waals surface area contributed by atoms with Crippen LogP contribution in [0, 0.1) is 0 Å². The van der Waals surface area contributed by atoms with Crippen LogP contribution in [0.5, 0.6) is 5.75 Å². The van der Waals surface area contributed by atoms with Crippen molar-refractivity contribution in [1.29, 1.82) is 0 Å². The summed E-state index contributed by atoms with van der Waals surface area (Å²) in [7, 11) is -10.00. The Balaban J connectivity index is 0.00000784. The van der Waals surface area contributed by atoms with Gasteiger partial charge in [0.2, 0.25) is 0 Å². The van der Waals surface area contributed by atoms with Crippen molar-refractivity contribution < 1.29 is 35.8 Å². The first-order chi connectivity index (χ1) is 25.3. The fourth-order valence-electron chi connectivity index (χ4n) is 5.81. The normalized spacial score (nSPS) is 11.8. The van der Waals surface area contributed by atoms with Crippen LogP contribution in [0.1, 0.15) is 106 Å². The number of carbonyl (C=O) groups excluding carboxylic acids is 1. The number of amides is 1. The maximum atomic E-state index is 13.5. The van der Waals surface area contributed by atoms with Crippen LogP contribution in [0.25, 0.3) is 5.69 Å². The first kappa shape index (κ1) is 45.4. The number of aryl methyl sites for hydroxylation is 1. The number of anilines is 1. The van der Waals surface area contributed by atoms with Gasteiger partial charge in [0.05, 0.1) is 15.5 Å². The predicted octanol–water partition coefficient (Wildman–Crippen LogP) is 8.02. The Morgan fingerprint density at radius 3 is 1.80 bits per heavy atom. The molecular weight excluding hydrogens is 762 g/mol. The van der Waals surface area contributed by atoms with Crippen molar-refractivity contribution in [1.82, 2.24) is 9.78 Å². The molecule has 0 saturated heterocycles. The topological polar surface area (TPSA) is 221 Å². The molecule has 0 aliphatic heterocycles. The minimum atomic E-state index is -5.00. The van der Waals surface area contributed by atoms with Gasteiger partial charge in [-0.1, -0.05) is 108 Å². The van der Waals surface area contributed by atoms with Gasteiger partial charge < -0.3 is 10.4 Å². The number of H-pyrrole nitrogens is 1. The molecule has 0 spiro atoms. The van der Waals surface area contributed by atoms with Gasteiger partial charge in [-0.25, -0.2) is 4.68 Å². The van der Waals surface area contributed by atoms with E-state index in [2.05, 4.69) is 27.6 Å². The molecule has 0 saturated carbocycles. The Morgan fingerprint density at radius 2 is 1.28 bits per heavy atom. The standard InChI is InChI=1S/C37H47N5O9S2.K.H/c1-2-3-4-5-6-7-8-9-10-11-12-13-15-18-27-21-22-32(33(43)23-27)39-40-34-35(41-42(37(34)45)29-19-16-14-17-20-29)38-36(44)28-24-30(52(46,47)48)26-31(25-28)53(49,50)51;;/h14,16-17,19-26,41,43H,2-13,15,18H2,1H3,(H,38,44)(H,46,47,48)(H,49,50,51);;/b40-39+;;. The van der Waals surface area contributed by atoms with Crippen LogP contribution in [-0.2, 0) is 26.7 Å². The van der Waals surface area contributed by atoms with Gasteiger partial charge in [-0.05, 0) is 60.9 Å². The van der Waals surface area contributed by atoms with Gasteiger partial charge in [0.25, 0.3) is 26.1 Å². The second-order valence-electron chi connectivity index (χ2n) is 12.9. The number of rotatable bonds is 21. The number of aromatic amines is 1. The SMILES string of the molecule is CCCCCCCCCCCCCCCc1ccc(/N=N/c2c(NC(=O)c3cc(S(=O)(=O)O)cc(S(=O)(=O)O)c3)[nH]n(-c3ccccc3)c2=O)c(O)c1.[KH]. The van der Waals surface area contributed by atoms with Gasteiger partial charge in [0.1, 0.15) is 11.4 Å². The Kier molecular flexibility index (Phi) is 18.4. The number of benzene rings is 3. The summed E-state index contributed by atoms with van der Waals surface area (Å²) in [4.78, 5) is 24.8. The third kappa shape index (κ3) is 13.9. The Bertz CT molecular complexity index is 2100. The quantitative estimate of drug-likeness (QED) is 0.0238. The van der Waals surface area contributed by atoms with E-state index in [9.17, 15) is 40.6 Å². The molecule has 3 aromatic carbocycles. The summed E-state index contributed by atoms with van der Waals surface area (Å²) in [5.74, 6) is -1.60. The number of aromatic nitrogens is 2. The first-order valence-corrected chi connectivity index (χ1v) is 20.7. The second-order valence-corrected chi connectivity index (χ2v) is 15.8. The molecule has 0 radical (unpaired) electrons. The summed E-state index contributed by atoms with van der Waals surface area (Å²) in [5.41, 5.74) is -0.418. The van der Waals surface area contributed by atoms with Crippen LogP contribution in [0.4, 0.5) is 17.2 Å². The first-order valence-electron chi connectivity index (χ1n) is 17.8. The van der Waals surface area contributed by atoms with Gasteiger partial charge in [0, 0.05) is 5.56 Å². The molecule has 0 fully saturated rings. The summed E-state index contributed by atoms with van der Waals surface area (Å²) in [6, 6.07) is 15.1. The number of unbranched alkanes of at least 4 members (excludes halogenated alkanes) is 12.